The van der Waals surface area contributed by atoms with Crippen LogP contribution in [0.4, 0.5) is 0 Å². The van der Waals surface area contributed by atoms with E-state index in [2.05, 4.69) is 21.6 Å². The molecule has 0 unspecified atom stereocenters. The Labute approximate surface area is 110 Å². The Bertz CT molecular complexity index is 534. The molecule has 0 saturated heterocycles. The van der Waals surface area contributed by atoms with Gasteiger partial charge in [0.05, 0.1) is 13.3 Å². The minimum atomic E-state index is -0.410. The number of nitrogens with zero attached hydrogens (tertiary/aromatic N) is 1. The molecule has 0 bridgehead atoms. The van der Waals surface area contributed by atoms with Gasteiger partial charge in [-0.1, -0.05) is 19.1 Å². The predicted molar refractivity (Wildman–Crippen MR) is 71.8 cm³/mol. The Morgan fingerprint density at radius 1 is 1.39 bits per heavy atom. The minimum Gasteiger partial charge on any atom is -0.464 e. The average molecular weight is 262 g/mol. The van der Waals surface area contributed by atoms with E-state index in [9.17, 15) is 4.79 Å². The number of aromatic nitrogens is 2. The molecule has 1 heterocycles. The highest BCUT2D eigenvalue weighted by Crippen LogP contribution is 2.22. The number of H-pyrrole nitrogens is 1. The molecule has 1 aromatic carbocycles. The van der Waals surface area contributed by atoms with Gasteiger partial charge in [-0.2, -0.15) is 0 Å². The lowest BCUT2D eigenvalue weighted by atomic mass is 10.2. The number of benzene rings is 1. The van der Waals surface area contributed by atoms with Gasteiger partial charge < -0.3 is 9.72 Å². The van der Waals surface area contributed by atoms with E-state index in [1.165, 1.54) is 18.2 Å². The van der Waals surface area contributed by atoms with Gasteiger partial charge in [-0.3, -0.25) is 0 Å². The summed E-state index contributed by atoms with van der Waals surface area (Å²) in [6.07, 6.45) is 1.48. The standard InChI is InChI=1S/C13H14N2O2S/c1-3-18-10-6-4-9(5-7-10)12-14-8-11(15-12)13(16)17-2/h4-8H,3H2,1-2H3,(H,14,15). The summed E-state index contributed by atoms with van der Waals surface area (Å²) in [6, 6.07) is 8.06. The number of carbonyl (C=O) groups excluding carboxylic acids is 1. The van der Waals surface area contributed by atoms with Crippen LogP contribution < -0.4 is 0 Å². The van der Waals surface area contributed by atoms with Gasteiger partial charge in [0.25, 0.3) is 0 Å². The monoisotopic (exact) mass is 262 g/mol. The van der Waals surface area contributed by atoms with Crippen molar-refractivity contribution < 1.29 is 9.53 Å². The molecule has 5 heteroatoms. The molecule has 2 rings (SSSR count). The lowest BCUT2D eigenvalue weighted by molar-refractivity contribution is 0.0595. The first kappa shape index (κ1) is 12.7. The predicted octanol–water partition coefficient (Wildman–Crippen LogP) is 2.98. The molecule has 18 heavy (non-hydrogen) atoms. The van der Waals surface area contributed by atoms with E-state index in [1.54, 1.807) is 11.8 Å². The van der Waals surface area contributed by atoms with Crippen molar-refractivity contribution in [2.45, 2.75) is 11.8 Å². The number of carbonyl (C=O) groups is 1. The topological polar surface area (TPSA) is 55.0 Å². The molecule has 0 radical (unpaired) electrons. The Morgan fingerprint density at radius 2 is 2.11 bits per heavy atom. The molecule has 1 N–H and O–H groups in total. The zero-order valence-corrected chi connectivity index (χ0v) is 11.1. The normalized spacial score (nSPS) is 10.3. The number of methoxy groups -OCH3 is 1. The SMILES string of the molecule is CCSc1ccc(-c2ncc(C(=O)OC)[nH]2)cc1. The molecule has 0 spiro atoms. The molecular weight excluding hydrogens is 248 g/mol. The van der Waals surface area contributed by atoms with Gasteiger partial charge in [-0.25, -0.2) is 9.78 Å². The number of imidazole rings is 1. The molecule has 2 aromatic rings. The van der Waals surface area contributed by atoms with Crippen molar-refractivity contribution in [2.24, 2.45) is 0 Å². The fourth-order valence-corrected chi connectivity index (χ4v) is 2.22. The number of ether oxygens (including phenoxy) is 1. The third kappa shape index (κ3) is 2.73. The van der Waals surface area contributed by atoms with Crippen LogP contribution in [0.1, 0.15) is 17.4 Å². The second kappa shape index (κ2) is 5.73. The molecule has 0 aliphatic carbocycles. The maximum atomic E-state index is 11.3. The summed E-state index contributed by atoms with van der Waals surface area (Å²) >= 11 is 1.79. The number of rotatable bonds is 4. The molecule has 0 saturated carbocycles. The minimum absolute atomic E-state index is 0.361. The number of hydrogen-bond donors (Lipinski definition) is 1. The van der Waals surface area contributed by atoms with Crippen molar-refractivity contribution in [2.75, 3.05) is 12.9 Å². The number of thioether (sulfide) groups is 1. The van der Waals surface area contributed by atoms with E-state index in [0.29, 0.717) is 11.5 Å². The first-order valence-electron chi connectivity index (χ1n) is 5.61. The summed E-state index contributed by atoms with van der Waals surface area (Å²) in [6.45, 7) is 2.12. The lowest BCUT2D eigenvalue weighted by Gasteiger charge is -2.00. The van der Waals surface area contributed by atoms with Crippen LogP contribution in [-0.4, -0.2) is 28.8 Å². The largest absolute Gasteiger partial charge is 0.464 e. The van der Waals surface area contributed by atoms with Gasteiger partial charge in [0, 0.05) is 10.5 Å². The maximum Gasteiger partial charge on any atom is 0.356 e. The van der Waals surface area contributed by atoms with Crippen molar-refractivity contribution in [3.63, 3.8) is 0 Å². The molecule has 1 aromatic heterocycles. The maximum absolute atomic E-state index is 11.3. The Hall–Kier alpha value is -1.75. The van der Waals surface area contributed by atoms with Gasteiger partial charge >= 0.3 is 5.97 Å². The molecule has 0 amide bonds. The number of hydrogen-bond acceptors (Lipinski definition) is 4. The van der Waals surface area contributed by atoms with Crippen LogP contribution in [0.2, 0.25) is 0 Å². The first-order valence-corrected chi connectivity index (χ1v) is 6.59. The van der Waals surface area contributed by atoms with Gasteiger partial charge in [-0.05, 0) is 17.9 Å². The van der Waals surface area contributed by atoms with Crippen LogP contribution in [-0.2, 0) is 4.74 Å². The fourth-order valence-electron chi connectivity index (χ4n) is 1.56. The zero-order valence-electron chi connectivity index (χ0n) is 10.3. The van der Waals surface area contributed by atoms with E-state index in [0.717, 1.165) is 11.3 Å². The molecule has 0 fully saturated rings. The number of aromatic amines is 1. The Balaban J connectivity index is 2.20. The molecule has 0 atom stereocenters. The van der Waals surface area contributed by atoms with Crippen molar-refractivity contribution in [3.05, 3.63) is 36.2 Å². The van der Waals surface area contributed by atoms with Gasteiger partial charge in [0.2, 0.25) is 0 Å². The van der Waals surface area contributed by atoms with Crippen LogP contribution >= 0.6 is 11.8 Å². The van der Waals surface area contributed by atoms with Crippen molar-refractivity contribution in [1.29, 1.82) is 0 Å². The second-order valence-corrected chi connectivity index (χ2v) is 4.93. The number of nitrogens with one attached hydrogen (secondary N) is 1. The summed E-state index contributed by atoms with van der Waals surface area (Å²) in [4.78, 5) is 19.6. The Morgan fingerprint density at radius 3 is 2.72 bits per heavy atom. The van der Waals surface area contributed by atoms with Crippen molar-refractivity contribution in [1.82, 2.24) is 9.97 Å². The zero-order chi connectivity index (χ0) is 13.0. The average Bonchev–Trinajstić information content (AvgIpc) is 2.89. The molecule has 4 nitrogen and oxygen atoms in total. The lowest BCUT2D eigenvalue weighted by Crippen LogP contribution is -2.00. The van der Waals surface area contributed by atoms with Gasteiger partial charge in [0.15, 0.2) is 0 Å². The summed E-state index contributed by atoms with van der Waals surface area (Å²) in [7, 11) is 1.35. The van der Waals surface area contributed by atoms with E-state index in [1.807, 2.05) is 24.3 Å². The second-order valence-electron chi connectivity index (χ2n) is 3.59. The molecular formula is C13H14N2O2S. The third-order valence-electron chi connectivity index (χ3n) is 2.42. The van der Waals surface area contributed by atoms with Crippen LogP contribution in [0.5, 0.6) is 0 Å². The van der Waals surface area contributed by atoms with E-state index >= 15 is 0 Å². The van der Waals surface area contributed by atoms with E-state index in [-0.39, 0.29) is 0 Å². The highest BCUT2D eigenvalue weighted by atomic mass is 32.2. The highest BCUT2D eigenvalue weighted by Gasteiger charge is 2.10. The fraction of sp³-hybridized carbons (Fsp3) is 0.231. The number of esters is 1. The van der Waals surface area contributed by atoms with Crippen LogP contribution in [0.15, 0.2) is 35.4 Å². The van der Waals surface area contributed by atoms with E-state index in [4.69, 9.17) is 0 Å². The van der Waals surface area contributed by atoms with Crippen LogP contribution in [0, 0.1) is 0 Å². The Kier molecular flexibility index (Phi) is 4.04. The summed E-state index contributed by atoms with van der Waals surface area (Å²) in [5.74, 6) is 1.31. The quantitative estimate of drug-likeness (QED) is 0.680. The molecule has 0 aliphatic rings. The van der Waals surface area contributed by atoms with Crippen molar-refractivity contribution >= 4 is 17.7 Å². The first-order chi connectivity index (χ1) is 8.74. The molecule has 0 aliphatic heterocycles. The summed E-state index contributed by atoms with van der Waals surface area (Å²) in [5, 5.41) is 0. The third-order valence-corrected chi connectivity index (χ3v) is 3.31. The smallest absolute Gasteiger partial charge is 0.356 e. The van der Waals surface area contributed by atoms with Gasteiger partial charge in [0.1, 0.15) is 11.5 Å². The van der Waals surface area contributed by atoms with Crippen LogP contribution in [0.3, 0.4) is 0 Å². The van der Waals surface area contributed by atoms with Gasteiger partial charge in [-0.15, -0.1) is 11.8 Å². The van der Waals surface area contributed by atoms with E-state index < -0.39 is 5.97 Å². The summed E-state index contributed by atoms with van der Waals surface area (Å²) in [5.41, 5.74) is 1.31. The van der Waals surface area contributed by atoms with Crippen molar-refractivity contribution in [3.8, 4) is 11.4 Å². The molecule has 94 valence electrons. The summed E-state index contributed by atoms with van der Waals surface area (Å²) < 4.78 is 4.62. The van der Waals surface area contributed by atoms with Crippen LogP contribution in [0.25, 0.3) is 11.4 Å². The highest BCUT2D eigenvalue weighted by molar-refractivity contribution is 7.99.